The van der Waals surface area contributed by atoms with Gasteiger partial charge in [-0.05, 0) is 19.4 Å². The monoisotopic (exact) mass is 295 g/mol. The molecule has 1 aliphatic carbocycles. The average molecular weight is 295 g/mol. The van der Waals surface area contributed by atoms with E-state index in [0.717, 1.165) is 13.1 Å². The van der Waals surface area contributed by atoms with E-state index in [9.17, 15) is 10.1 Å². The first-order valence-corrected chi connectivity index (χ1v) is 7.64. The number of nitro groups is 1. The van der Waals surface area contributed by atoms with Gasteiger partial charge in [0.05, 0.1) is 4.92 Å². The Hall–Kier alpha value is -1.63. The Bertz CT molecular complexity index is 508. The predicted molar refractivity (Wildman–Crippen MR) is 82.7 cm³/mol. The zero-order valence-electron chi connectivity index (χ0n) is 13.3. The van der Waals surface area contributed by atoms with Crippen LogP contribution < -0.4 is 5.32 Å². The standard InChI is InChI=1S/C14H25N5O2/c1-5-18(11-6-7-11)9-8-15-14-13(19(20)21)12(10(2)3)16-17(14)4/h10-11,15H,5-9H2,1-4H3. The van der Waals surface area contributed by atoms with Crippen LogP contribution >= 0.6 is 0 Å². The number of aromatic nitrogens is 2. The maximum Gasteiger partial charge on any atom is 0.334 e. The molecule has 1 aliphatic rings. The number of hydrogen-bond donors (Lipinski definition) is 1. The summed E-state index contributed by atoms with van der Waals surface area (Å²) in [6.45, 7) is 8.62. The van der Waals surface area contributed by atoms with Crippen molar-refractivity contribution in [2.75, 3.05) is 25.0 Å². The van der Waals surface area contributed by atoms with Crippen LogP contribution in [0.25, 0.3) is 0 Å². The number of hydrogen-bond acceptors (Lipinski definition) is 5. The van der Waals surface area contributed by atoms with Crippen LogP contribution in [0.3, 0.4) is 0 Å². The number of nitrogens with one attached hydrogen (secondary N) is 1. The first-order chi connectivity index (χ1) is 9.95. The van der Waals surface area contributed by atoms with Crippen molar-refractivity contribution in [1.29, 1.82) is 0 Å². The Kier molecular flexibility index (Phi) is 4.82. The van der Waals surface area contributed by atoms with Crippen molar-refractivity contribution in [3.63, 3.8) is 0 Å². The summed E-state index contributed by atoms with van der Waals surface area (Å²) in [6.07, 6.45) is 2.55. The van der Waals surface area contributed by atoms with Gasteiger partial charge in [-0.2, -0.15) is 5.10 Å². The molecule has 2 rings (SSSR count). The third kappa shape index (κ3) is 3.53. The van der Waals surface area contributed by atoms with E-state index in [2.05, 4.69) is 22.2 Å². The second kappa shape index (κ2) is 6.43. The van der Waals surface area contributed by atoms with Crippen LogP contribution in [0.2, 0.25) is 0 Å². The van der Waals surface area contributed by atoms with Crippen molar-refractivity contribution in [1.82, 2.24) is 14.7 Å². The van der Waals surface area contributed by atoms with E-state index in [4.69, 9.17) is 0 Å². The lowest BCUT2D eigenvalue weighted by atomic mass is 10.1. The van der Waals surface area contributed by atoms with E-state index in [-0.39, 0.29) is 16.5 Å². The second-order valence-electron chi connectivity index (χ2n) is 5.90. The van der Waals surface area contributed by atoms with E-state index >= 15 is 0 Å². The highest BCUT2D eigenvalue weighted by molar-refractivity contribution is 5.60. The van der Waals surface area contributed by atoms with Gasteiger partial charge in [0.15, 0.2) is 0 Å². The summed E-state index contributed by atoms with van der Waals surface area (Å²) in [6, 6.07) is 0.713. The van der Waals surface area contributed by atoms with Gasteiger partial charge < -0.3 is 5.32 Å². The molecule has 0 amide bonds. The Balaban J connectivity index is 2.06. The van der Waals surface area contributed by atoms with Crippen LogP contribution in [0.4, 0.5) is 11.5 Å². The molecule has 7 heteroatoms. The smallest absolute Gasteiger partial charge is 0.334 e. The minimum atomic E-state index is -0.330. The lowest BCUT2D eigenvalue weighted by Crippen LogP contribution is -2.31. The van der Waals surface area contributed by atoms with E-state index in [1.807, 2.05) is 13.8 Å². The predicted octanol–water partition coefficient (Wildman–Crippen LogP) is 2.35. The van der Waals surface area contributed by atoms with Gasteiger partial charge in [0.2, 0.25) is 5.82 Å². The zero-order valence-corrected chi connectivity index (χ0v) is 13.3. The number of anilines is 1. The maximum absolute atomic E-state index is 11.3. The van der Waals surface area contributed by atoms with Crippen LogP contribution in [-0.2, 0) is 7.05 Å². The second-order valence-corrected chi connectivity index (χ2v) is 5.90. The summed E-state index contributed by atoms with van der Waals surface area (Å²) in [4.78, 5) is 13.4. The van der Waals surface area contributed by atoms with Crippen molar-refractivity contribution in [3.8, 4) is 0 Å². The minimum Gasteiger partial charge on any atom is -0.363 e. The van der Waals surface area contributed by atoms with Crippen LogP contribution in [0.5, 0.6) is 0 Å². The first-order valence-electron chi connectivity index (χ1n) is 7.64. The van der Waals surface area contributed by atoms with Gasteiger partial charge in [-0.25, -0.2) is 4.68 Å². The number of likely N-dealkylation sites (N-methyl/N-ethyl adjacent to an activating group) is 1. The van der Waals surface area contributed by atoms with Gasteiger partial charge >= 0.3 is 5.69 Å². The third-order valence-corrected chi connectivity index (χ3v) is 3.94. The van der Waals surface area contributed by atoms with Crippen LogP contribution in [-0.4, -0.2) is 45.3 Å². The van der Waals surface area contributed by atoms with Gasteiger partial charge in [-0.1, -0.05) is 20.8 Å². The molecule has 118 valence electrons. The lowest BCUT2D eigenvalue weighted by Gasteiger charge is -2.19. The molecule has 0 bridgehead atoms. The van der Waals surface area contributed by atoms with Gasteiger partial charge in [-0.15, -0.1) is 0 Å². The van der Waals surface area contributed by atoms with Gasteiger partial charge in [0.1, 0.15) is 5.69 Å². The van der Waals surface area contributed by atoms with Crippen LogP contribution in [0.1, 0.15) is 45.2 Å². The highest BCUT2D eigenvalue weighted by Crippen LogP contribution is 2.32. The Morgan fingerprint density at radius 1 is 1.52 bits per heavy atom. The first kappa shape index (κ1) is 15.8. The molecular weight excluding hydrogens is 270 g/mol. The van der Waals surface area contributed by atoms with Gasteiger partial charge in [0, 0.05) is 32.1 Å². The molecule has 0 atom stereocenters. The van der Waals surface area contributed by atoms with E-state index in [1.165, 1.54) is 12.8 Å². The summed E-state index contributed by atoms with van der Waals surface area (Å²) in [5, 5.41) is 18.8. The SMILES string of the molecule is CCN(CCNc1c([N+](=O)[O-])c(C(C)C)nn1C)C1CC1. The highest BCUT2D eigenvalue weighted by atomic mass is 16.6. The molecule has 7 nitrogen and oxygen atoms in total. The molecule has 0 saturated heterocycles. The van der Waals surface area contributed by atoms with E-state index in [0.29, 0.717) is 24.1 Å². The molecule has 0 radical (unpaired) electrons. The largest absolute Gasteiger partial charge is 0.363 e. The number of aryl methyl sites for hydroxylation is 1. The highest BCUT2D eigenvalue weighted by Gasteiger charge is 2.29. The molecule has 0 spiro atoms. The molecule has 1 saturated carbocycles. The third-order valence-electron chi connectivity index (χ3n) is 3.94. The van der Waals surface area contributed by atoms with Crippen molar-refractivity contribution < 1.29 is 4.92 Å². The van der Waals surface area contributed by atoms with Crippen LogP contribution in [0, 0.1) is 10.1 Å². The summed E-state index contributed by atoms with van der Waals surface area (Å²) in [5.41, 5.74) is 0.654. The molecule has 1 aromatic heterocycles. The molecule has 0 unspecified atom stereocenters. The topological polar surface area (TPSA) is 76.2 Å². The van der Waals surface area contributed by atoms with E-state index in [1.54, 1.807) is 11.7 Å². The quantitative estimate of drug-likeness (QED) is 0.588. The molecule has 21 heavy (non-hydrogen) atoms. The normalized spacial score (nSPS) is 15.0. The summed E-state index contributed by atoms with van der Waals surface area (Å²) < 4.78 is 1.58. The molecule has 0 aliphatic heterocycles. The van der Waals surface area contributed by atoms with Gasteiger partial charge in [0.25, 0.3) is 0 Å². The Labute approximate surface area is 125 Å². The van der Waals surface area contributed by atoms with Gasteiger partial charge in [-0.3, -0.25) is 15.0 Å². The Morgan fingerprint density at radius 2 is 2.19 bits per heavy atom. The summed E-state index contributed by atoms with van der Waals surface area (Å²) >= 11 is 0. The fraction of sp³-hybridized carbons (Fsp3) is 0.786. The van der Waals surface area contributed by atoms with E-state index < -0.39 is 0 Å². The summed E-state index contributed by atoms with van der Waals surface area (Å²) in [5.74, 6) is 0.543. The average Bonchev–Trinajstić information content (AvgIpc) is 3.19. The number of rotatable bonds is 8. The fourth-order valence-corrected chi connectivity index (χ4v) is 2.66. The zero-order chi connectivity index (χ0) is 15.6. The maximum atomic E-state index is 11.3. The molecule has 0 aromatic carbocycles. The van der Waals surface area contributed by atoms with Crippen molar-refractivity contribution in [2.24, 2.45) is 7.05 Å². The van der Waals surface area contributed by atoms with Crippen molar-refractivity contribution in [2.45, 2.75) is 45.6 Å². The summed E-state index contributed by atoms with van der Waals surface area (Å²) in [7, 11) is 1.75. The molecule has 1 heterocycles. The fourth-order valence-electron chi connectivity index (χ4n) is 2.66. The van der Waals surface area contributed by atoms with Crippen molar-refractivity contribution in [3.05, 3.63) is 15.8 Å². The minimum absolute atomic E-state index is 0.0331. The molecule has 1 N–H and O–H groups in total. The molecule has 1 fully saturated rings. The molecular formula is C14H25N5O2. The van der Waals surface area contributed by atoms with Crippen LogP contribution in [0.15, 0.2) is 0 Å². The lowest BCUT2D eigenvalue weighted by molar-refractivity contribution is -0.384. The number of nitrogens with zero attached hydrogens (tertiary/aromatic N) is 4. The van der Waals surface area contributed by atoms with Crippen molar-refractivity contribution >= 4 is 11.5 Å². The molecule has 1 aromatic rings. The Morgan fingerprint density at radius 3 is 2.67 bits per heavy atom.